The van der Waals surface area contributed by atoms with Gasteiger partial charge in [-0.1, -0.05) is 11.6 Å². The van der Waals surface area contributed by atoms with Crippen molar-refractivity contribution in [2.75, 3.05) is 11.9 Å². The van der Waals surface area contributed by atoms with Gasteiger partial charge in [0.05, 0.1) is 0 Å². The van der Waals surface area contributed by atoms with E-state index in [0.717, 1.165) is 17.8 Å². The molecule has 1 aromatic rings. The zero-order valence-corrected chi connectivity index (χ0v) is 7.52. The summed E-state index contributed by atoms with van der Waals surface area (Å²) in [6, 6.07) is 6.06. The van der Waals surface area contributed by atoms with Crippen molar-refractivity contribution < 1.29 is 0 Å². The molecule has 0 unspecified atom stereocenters. The molecule has 1 aromatic carbocycles. The summed E-state index contributed by atoms with van der Waals surface area (Å²) in [5.41, 5.74) is 3.19. The van der Waals surface area contributed by atoms with Gasteiger partial charge >= 0.3 is 0 Å². The van der Waals surface area contributed by atoms with Crippen molar-refractivity contribution in [3.8, 4) is 0 Å². The van der Waals surface area contributed by atoms with E-state index in [1.807, 2.05) is 32.0 Å². The minimum Gasteiger partial charge on any atom is -0.385 e. The van der Waals surface area contributed by atoms with Gasteiger partial charge in [-0.2, -0.15) is 0 Å². The largest absolute Gasteiger partial charge is 0.385 e. The molecular weight excluding hydrogens is 148 g/mol. The molecule has 0 spiro atoms. The van der Waals surface area contributed by atoms with Crippen molar-refractivity contribution >= 4 is 11.9 Å². The second kappa shape index (κ2) is 3.90. The topological polar surface area (TPSA) is 35.9 Å². The maximum atomic E-state index is 7.19. The van der Waals surface area contributed by atoms with Crippen molar-refractivity contribution in [3.05, 3.63) is 29.3 Å². The molecule has 12 heavy (non-hydrogen) atoms. The average molecular weight is 162 g/mol. The molecule has 0 saturated carbocycles. The summed E-state index contributed by atoms with van der Waals surface area (Å²) in [7, 11) is 0. The van der Waals surface area contributed by atoms with Crippen LogP contribution in [0.3, 0.4) is 0 Å². The molecule has 2 N–H and O–H groups in total. The molecule has 2 nitrogen and oxygen atoms in total. The molecule has 2 heteroatoms. The highest BCUT2D eigenvalue weighted by molar-refractivity contribution is 5.86. The van der Waals surface area contributed by atoms with Crippen molar-refractivity contribution in [2.24, 2.45) is 0 Å². The summed E-state index contributed by atoms with van der Waals surface area (Å²) in [6.45, 7) is 4.97. The highest BCUT2D eigenvalue weighted by Gasteiger charge is 1.97. The van der Waals surface area contributed by atoms with E-state index in [9.17, 15) is 0 Å². The first-order valence-electron chi connectivity index (χ1n) is 4.13. The zero-order valence-electron chi connectivity index (χ0n) is 7.52. The lowest BCUT2D eigenvalue weighted by molar-refractivity contribution is 1.21. The van der Waals surface area contributed by atoms with Gasteiger partial charge in [0.1, 0.15) is 0 Å². The number of benzene rings is 1. The molecule has 1 rings (SSSR count). The van der Waals surface area contributed by atoms with Crippen LogP contribution in [0.25, 0.3) is 0 Å². The third kappa shape index (κ3) is 1.84. The molecule has 0 fully saturated rings. The van der Waals surface area contributed by atoms with Gasteiger partial charge in [0.2, 0.25) is 0 Å². The predicted molar refractivity (Wildman–Crippen MR) is 53.2 cm³/mol. The number of anilines is 1. The SMILES string of the molecule is CCNc1ccc(C)cc1C=N. The van der Waals surface area contributed by atoms with Crippen LogP contribution in [0.5, 0.6) is 0 Å². The van der Waals surface area contributed by atoms with E-state index in [1.54, 1.807) is 0 Å². The number of aryl methyl sites for hydroxylation is 1. The van der Waals surface area contributed by atoms with Gasteiger partial charge in [-0.15, -0.1) is 0 Å². The van der Waals surface area contributed by atoms with Crippen LogP contribution in [0.1, 0.15) is 18.1 Å². The molecule has 64 valence electrons. The fraction of sp³-hybridized carbons (Fsp3) is 0.300. The predicted octanol–water partition coefficient (Wildman–Crippen LogP) is 2.42. The van der Waals surface area contributed by atoms with Crippen LogP contribution in [0.4, 0.5) is 5.69 Å². The Morgan fingerprint density at radius 1 is 1.50 bits per heavy atom. The van der Waals surface area contributed by atoms with Crippen LogP contribution in [0, 0.1) is 12.3 Å². The fourth-order valence-electron chi connectivity index (χ4n) is 1.15. The molecule has 0 radical (unpaired) electrons. The first-order chi connectivity index (χ1) is 5.77. The molecule has 0 aromatic heterocycles. The van der Waals surface area contributed by atoms with E-state index in [2.05, 4.69) is 5.32 Å². The lowest BCUT2D eigenvalue weighted by Gasteiger charge is -2.07. The van der Waals surface area contributed by atoms with Gasteiger partial charge in [-0.05, 0) is 26.0 Å². The molecule has 0 amide bonds. The maximum Gasteiger partial charge on any atom is 0.0429 e. The van der Waals surface area contributed by atoms with E-state index < -0.39 is 0 Å². The molecule has 0 aliphatic heterocycles. The van der Waals surface area contributed by atoms with Crippen molar-refractivity contribution in [3.63, 3.8) is 0 Å². The van der Waals surface area contributed by atoms with E-state index in [1.165, 1.54) is 11.8 Å². The summed E-state index contributed by atoms with van der Waals surface area (Å²) < 4.78 is 0. The van der Waals surface area contributed by atoms with Gasteiger partial charge in [0.25, 0.3) is 0 Å². The van der Waals surface area contributed by atoms with Gasteiger partial charge < -0.3 is 10.7 Å². The molecular formula is C10H14N2. The Bertz CT molecular complexity index is 279. The summed E-state index contributed by atoms with van der Waals surface area (Å²) >= 11 is 0. The van der Waals surface area contributed by atoms with Crippen molar-refractivity contribution in [1.29, 1.82) is 5.41 Å². The summed E-state index contributed by atoms with van der Waals surface area (Å²) in [6.07, 6.45) is 1.38. The first kappa shape index (κ1) is 8.78. The second-order valence-electron chi connectivity index (χ2n) is 2.77. The third-order valence-electron chi connectivity index (χ3n) is 1.73. The highest BCUT2D eigenvalue weighted by atomic mass is 14.9. The van der Waals surface area contributed by atoms with Crippen LogP contribution in [0.2, 0.25) is 0 Å². The van der Waals surface area contributed by atoms with Gasteiger partial charge in [-0.3, -0.25) is 0 Å². The highest BCUT2D eigenvalue weighted by Crippen LogP contribution is 2.14. The smallest absolute Gasteiger partial charge is 0.0429 e. The minimum absolute atomic E-state index is 0.893. The van der Waals surface area contributed by atoms with Crippen LogP contribution in [-0.4, -0.2) is 12.8 Å². The summed E-state index contributed by atoms with van der Waals surface area (Å²) in [5.74, 6) is 0. The number of hydrogen-bond acceptors (Lipinski definition) is 2. The van der Waals surface area contributed by atoms with E-state index in [-0.39, 0.29) is 0 Å². The van der Waals surface area contributed by atoms with Gasteiger partial charge in [-0.25, -0.2) is 0 Å². The molecule has 0 heterocycles. The maximum absolute atomic E-state index is 7.19. The van der Waals surface area contributed by atoms with E-state index in [4.69, 9.17) is 5.41 Å². The first-order valence-corrected chi connectivity index (χ1v) is 4.13. The quantitative estimate of drug-likeness (QED) is 0.658. The number of rotatable bonds is 3. The Labute approximate surface area is 73.1 Å². The lowest BCUT2D eigenvalue weighted by atomic mass is 10.1. The van der Waals surface area contributed by atoms with Gasteiger partial charge in [0, 0.05) is 24.0 Å². The number of nitrogens with one attached hydrogen (secondary N) is 2. The van der Waals surface area contributed by atoms with Crippen LogP contribution < -0.4 is 5.32 Å². The Balaban J connectivity index is 3.02. The molecule has 0 aliphatic carbocycles. The molecule has 0 bridgehead atoms. The molecule has 0 aliphatic rings. The van der Waals surface area contributed by atoms with Crippen LogP contribution >= 0.6 is 0 Å². The average Bonchev–Trinajstić information content (AvgIpc) is 2.08. The van der Waals surface area contributed by atoms with Gasteiger partial charge in [0.15, 0.2) is 0 Å². The monoisotopic (exact) mass is 162 g/mol. The summed E-state index contributed by atoms with van der Waals surface area (Å²) in [5, 5.41) is 10.4. The Morgan fingerprint density at radius 3 is 2.83 bits per heavy atom. The minimum atomic E-state index is 0.893. The number of hydrogen-bond donors (Lipinski definition) is 2. The Morgan fingerprint density at radius 2 is 2.25 bits per heavy atom. The summed E-state index contributed by atoms with van der Waals surface area (Å²) in [4.78, 5) is 0. The van der Waals surface area contributed by atoms with E-state index in [0.29, 0.717) is 0 Å². The molecule has 0 atom stereocenters. The van der Waals surface area contributed by atoms with Crippen LogP contribution in [-0.2, 0) is 0 Å². The Kier molecular flexibility index (Phi) is 2.86. The van der Waals surface area contributed by atoms with Crippen LogP contribution in [0.15, 0.2) is 18.2 Å². The normalized spacial score (nSPS) is 9.50. The standard InChI is InChI=1S/C10H14N2/c1-3-12-10-5-4-8(2)6-9(10)7-11/h4-7,11-12H,3H2,1-2H3. The fourth-order valence-corrected chi connectivity index (χ4v) is 1.15. The van der Waals surface area contributed by atoms with Crippen molar-refractivity contribution in [2.45, 2.75) is 13.8 Å². The van der Waals surface area contributed by atoms with E-state index >= 15 is 0 Å². The second-order valence-corrected chi connectivity index (χ2v) is 2.77. The third-order valence-corrected chi connectivity index (χ3v) is 1.73. The Hall–Kier alpha value is -1.31. The molecule has 0 saturated heterocycles. The zero-order chi connectivity index (χ0) is 8.97. The lowest BCUT2D eigenvalue weighted by Crippen LogP contribution is -2.00. The van der Waals surface area contributed by atoms with Crippen molar-refractivity contribution in [1.82, 2.24) is 0 Å².